The molecule has 0 fully saturated rings. The Morgan fingerprint density at radius 3 is 1.97 bits per heavy atom. The van der Waals surface area contributed by atoms with Gasteiger partial charge in [0.15, 0.2) is 0 Å². The minimum atomic E-state index is -0.993. The summed E-state index contributed by atoms with van der Waals surface area (Å²) in [4.78, 5) is 27.2. The van der Waals surface area contributed by atoms with Crippen molar-refractivity contribution in [2.75, 3.05) is 0 Å². The van der Waals surface area contributed by atoms with E-state index < -0.39 is 12.0 Å². The van der Waals surface area contributed by atoms with Crippen molar-refractivity contribution in [1.82, 2.24) is 10.3 Å². The van der Waals surface area contributed by atoms with Gasteiger partial charge in [0.2, 0.25) is 5.91 Å². The molecule has 0 saturated heterocycles. The second-order valence-electron chi connectivity index (χ2n) is 10.8. The number of aliphatic carboxylic acids is 1. The van der Waals surface area contributed by atoms with Crippen LogP contribution < -0.4 is 5.32 Å². The zero-order chi connectivity index (χ0) is 27.3. The number of aromatic nitrogens is 1. The smallest absolute Gasteiger partial charge is 0.326 e. The Kier molecular flexibility index (Phi) is 17.0. The Labute approximate surface area is 230 Å². The van der Waals surface area contributed by atoms with Crippen LogP contribution in [-0.4, -0.2) is 28.0 Å². The number of benzene rings is 1. The van der Waals surface area contributed by atoms with Gasteiger partial charge in [-0.1, -0.05) is 114 Å². The molecule has 0 saturated carbocycles. The van der Waals surface area contributed by atoms with Crippen LogP contribution in [0.3, 0.4) is 0 Å². The SMILES string of the molecule is CCCCCCCCC=CCCCCCCCCCCCC(=O)NC(Cc1c[nH]c2ccccc12)C(=O)O. The summed E-state index contributed by atoms with van der Waals surface area (Å²) >= 11 is 0. The molecule has 5 heteroatoms. The van der Waals surface area contributed by atoms with Gasteiger partial charge in [-0.05, 0) is 43.7 Å². The van der Waals surface area contributed by atoms with Crippen molar-refractivity contribution < 1.29 is 14.7 Å². The largest absolute Gasteiger partial charge is 0.480 e. The molecule has 0 radical (unpaired) electrons. The molecule has 2 aromatic rings. The molecule has 1 atom stereocenters. The van der Waals surface area contributed by atoms with Crippen LogP contribution in [0.15, 0.2) is 42.6 Å². The molecule has 5 nitrogen and oxygen atoms in total. The van der Waals surface area contributed by atoms with Crippen LogP contribution in [-0.2, 0) is 16.0 Å². The van der Waals surface area contributed by atoms with E-state index in [9.17, 15) is 14.7 Å². The second kappa shape index (κ2) is 20.4. The first-order valence-electron chi connectivity index (χ1n) is 15.3. The molecule has 0 bridgehead atoms. The first kappa shape index (κ1) is 31.7. The number of allylic oxidation sites excluding steroid dienone is 2. The van der Waals surface area contributed by atoms with Gasteiger partial charge in [-0.3, -0.25) is 4.79 Å². The Morgan fingerprint density at radius 1 is 0.816 bits per heavy atom. The quantitative estimate of drug-likeness (QED) is 0.100. The summed E-state index contributed by atoms with van der Waals surface area (Å²) in [6.45, 7) is 2.27. The summed E-state index contributed by atoms with van der Waals surface area (Å²) in [5.74, 6) is -1.16. The fourth-order valence-electron chi connectivity index (χ4n) is 5.05. The number of hydrogen-bond acceptors (Lipinski definition) is 2. The van der Waals surface area contributed by atoms with Crippen LogP contribution in [0.25, 0.3) is 10.9 Å². The van der Waals surface area contributed by atoms with Crippen molar-refractivity contribution >= 4 is 22.8 Å². The Hall–Kier alpha value is -2.56. The molecule has 2 rings (SSSR count). The van der Waals surface area contributed by atoms with Gasteiger partial charge >= 0.3 is 5.97 Å². The number of carbonyl (C=O) groups excluding carboxylic acids is 1. The lowest BCUT2D eigenvalue weighted by molar-refractivity contribution is -0.141. The van der Waals surface area contributed by atoms with Crippen LogP contribution >= 0.6 is 0 Å². The summed E-state index contributed by atoms with van der Waals surface area (Å²) in [6.07, 6.45) is 28.7. The van der Waals surface area contributed by atoms with Crippen molar-refractivity contribution in [3.05, 3.63) is 48.2 Å². The van der Waals surface area contributed by atoms with E-state index in [0.29, 0.717) is 6.42 Å². The molecule has 0 spiro atoms. The highest BCUT2D eigenvalue weighted by Gasteiger charge is 2.21. The first-order chi connectivity index (χ1) is 18.6. The maximum absolute atomic E-state index is 12.3. The Balaban J connectivity index is 1.42. The number of H-pyrrole nitrogens is 1. The average molecular weight is 525 g/mol. The number of nitrogens with one attached hydrogen (secondary N) is 2. The molecule has 212 valence electrons. The molecule has 0 aliphatic rings. The minimum absolute atomic E-state index is 0.168. The summed E-state index contributed by atoms with van der Waals surface area (Å²) < 4.78 is 0. The van der Waals surface area contributed by atoms with E-state index >= 15 is 0 Å². The molecule has 3 N–H and O–H groups in total. The van der Waals surface area contributed by atoms with Crippen molar-refractivity contribution in [3.63, 3.8) is 0 Å². The van der Waals surface area contributed by atoms with Gasteiger partial charge in [0.25, 0.3) is 0 Å². The van der Waals surface area contributed by atoms with E-state index in [1.165, 1.54) is 89.9 Å². The van der Waals surface area contributed by atoms with E-state index in [2.05, 4.69) is 29.4 Å². The van der Waals surface area contributed by atoms with Crippen molar-refractivity contribution in [2.24, 2.45) is 0 Å². The predicted molar refractivity (Wildman–Crippen MR) is 159 cm³/mol. The molecule has 1 aromatic heterocycles. The fourth-order valence-corrected chi connectivity index (χ4v) is 5.05. The number of carbonyl (C=O) groups is 2. The third-order valence-corrected chi connectivity index (χ3v) is 7.40. The number of rotatable bonds is 23. The fraction of sp³-hybridized carbons (Fsp3) is 0.636. The lowest BCUT2D eigenvalue weighted by Gasteiger charge is -2.14. The normalized spacial score (nSPS) is 12.3. The monoisotopic (exact) mass is 524 g/mol. The topological polar surface area (TPSA) is 82.2 Å². The summed E-state index contributed by atoms with van der Waals surface area (Å²) in [5, 5.41) is 13.3. The summed E-state index contributed by atoms with van der Waals surface area (Å²) in [6, 6.07) is 6.90. The first-order valence-corrected chi connectivity index (χ1v) is 15.3. The lowest BCUT2D eigenvalue weighted by Crippen LogP contribution is -2.42. The van der Waals surface area contributed by atoms with E-state index in [-0.39, 0.29) is 12.3 Å². The number of carboxylic acid groups (broad SMARTS) is 1. The lowest BCUT2D eigenvalue weighted by atomic mass is 10.0. The number of amides is 1. The predicted octanol–water partition coefficient (Wildman–Crippen LogP) is 8.88. The minimum Gasteiger partial charge on any atom is -0.480 e. The number of fused-ring (bicyclic) bond motifs is 1. The van der Waals surface area contributed by atoms with Crippen LogP contribution in [0.5, 0.6) is 0 Å². The van der Waals surface area contributed by atoms with Crippen molar-refractivity contribution in [1.29, 1.82) is 0 Å². The molecular weight excluding hydrogens is 472 g/mol. The molecule has 1 heterocycles. The highest BCUT2D eigenvalue weighted by atomic mass is 16.4. The number of hydrogen-bond donors (Lipinski definition) is 3. The molecule has 1 amide bonds. The highest BCUT2D eigenvalue weighted by molar-refractivity contribution is 5.86. The van der Waals surface area contributed by atoms with Gasteiger partial charge in [0.1, 0.15) is 6.04 Å². The molecule has 38 heavy (non-hydrogen) atoms. The number of carboxylic acids is 1. The van der Waals surface area contributed by atoms with Gasteiger partial charge in [0.05, 0.1) is 0 Å². The third-order valence-electron chi connectivity index (χ3n) is 7.40. The molecule has 0 aliphatic carbocycles. The molecule has 1 aromatic carbocycles. The summed E-state index contributed by atoms with van der Waals surface area (Å²) in [5.41, 5.74) is 1.89. The van der Waals surface area contributed by atoms with Crippen LogP contribution in [0.1, 0.15) is 128 Å². The van der Waals surface area contributed by atoms with Gasteiger partial charge in [-0.15, -0.1) is 0 Å². The van der Waals surface area contributed by atoms with Gasteiger partial charge in [-0.25, -0.2) is 4.79 Å². The summed E-state index contributed by atoms with van der Waals surface area (Å²) in [7, 11) is 0. The number of unbranched alkanes of at least 4 members (excludes halogenated alkanes) is 15. The second-order valence-corrected chi connectivity index (χ2v) is 10.8. The van der Waals surface area contributed by atoms with Crippen LogP contribution in [0.2, 0.25) is 0 Å². The number of para-hydroxylation sites is 1. The maximum Gasteiger partial charge on any atom is 0.326 e. The third kappa shape index (κ3) is 13.8. The highest BCUT2D eigenvalue weighted by Crippen LogP contribution is 2.19. The number of aromatic amines is 1. The van der Waals surface area contributed by atoms with E-state index in [0.717, 1.165) is 35.7 Å². The van der Waals surface area contributed by atoms with Gasteiger partial charge < -0.3 is 15.4 Å². The standard InChI is InChI=1S/C33H52N2O3/c1-2-3-4-5-6-7-8-9-10-11-12-13-14-15-16-17-18-19-20-25-32(36)35-31(33(37)38)26-28-27-34-30-24-22-21-23-29(28)30/h9-10,21-24,27,31,34H,2-8,11-20,25-26H2,1H3,(H,35,36)(H,37,38). The molecule has 0 aliphatic heterocycles. The Morgan fingerprint density at radius 2 is 1.37 bits per heavy atom. The van der Waals surface area contributed by atoms with Crippen molar-refractivity contribution in [2.45, 2.75) is 135 Å². The van der Waals surface area contributed by atoms with Crippen molar-refractivity contribution in [3.8, 4) is 0 Å². The zero-order valence-corrected chi connectivity index (χ0v) is 23.8. The maximum atomic E-state index is 12.3. The van der Waals surface area contributed by atoms with Gasteiger partial charge in [-0.2, -0.15) is 0 Å². The van der Waals surface area contributed by atoms with Gasteiger partial charge in [0, 0.05) is 29.9 Å². The average Bonchev–Trinajstić information content (AvgIpc) is 3.32. The van der Waals surface area contributed by atoms with Crippen LogP contribution in [0.4, 0.5) is 0 Å². The van der Waals surface area contributed by atoms with E-state index in [4.69, 9.17) is 0 Å². The van der Waals surface area contributed by atoms with Crippen LogP contribution in [0, 0.1) is 0 Å². The zero-order valence-electron chi connectivity index (χ0n) is 23.8. The molecule has 1 unspecified atom stereocenters. The van der Waals surface area contributed by atoms with E-state index in [1.807, 2.05) is 30.5 Å². The molecular formula is C33H52N2O3. The van der Waals surface area contributed by atoms with E-state index in [1.54, 1.807) is 0 Å². The Bertz CT molecular complexity index is 933.